The van der Waals surface area contributed by atoms with Crippen LogP contribution in [-0.2, 0) is 6.18 Å². The van der Waals surface area contributed by atoms with Gasteiger partial charge in [-0.25, -0.2) is 35.1 Å². The lowest BCUT2D eigenvalue weighted by Gasteiger charge is -2.21. The maximum atomic E-state index is 15.3. The fraction of sp³-hybridized carbons (Fsp3) is 0.0714. The van der Waals surface area contributed by atoms with Gasteiger partial charge in [-0.2, -0.15) is 22.0 Å². The van der Waals surface area contributed by atoms with E-state index in [1.54, 1.807) is 0 Å². The lowest BCUT2D eigenvalue weighted by atomic mass is 9.84. The van der Waals surface area contributed by atoms with Gasteiger partial charge in [0.2, 0.25) is 11.6 Å². The molecule has 0 amide bonds. The van der Waals surface area contributed by atoms with Gasteiger partial charge < -0.3 is 4.74 Å². The SMILES string of the molecule is COc1c(F)c(F)c(-c2c3ccccc3c(-c3c(F)c(F)c(C(F)(F)F)c(F)c3F)c3cc(F)c(F)cc23)c(F)c1F. The number of hydrogen-bond acceptors (Lipinski definition) is 1. The van der Waals surface area contributed by atoms with E-state index in [0.29, 0.717) is 7.11 Å². The Morgan fingerprint density at radius 2 is 0.833 bits per heavy atom. The van der Waals surface area contributed by atoms with E-state index in [4.69, 9.17) is 0 Å². The highest BCUT2D eigenvalue weighted by Crippen LogP contribution is 2.49. The lowest BCUT2D eigenvalue weighted by molar-refractivity contribution is -0.143. The van der Waals surface area contributed by atoms with Crippen LogP contribution in [0, 0.1) is 58.2 Å². The van der Waals surface area contributed by atoms with E-state index in [9.17, 15) is 39.5 Å². The van der Waals surface area contributed by atoms with Gasteiger partial charge in [0.1, 0.15) is 5.56 Å². The molecule has 5 rings (SSSR count). The molecular weight excluding hydrogens is 599 g/mol. The third kappa shape index (κ3) is 4.02. The van der Waals surface area contributed by atoms with Crippen LogP contribution in [0.2, 0.25) is 0 Å². The molecule has 0 aliphatic carbocycles. The summed E-state index contributed by atoms with van der Waals surface area (Å²) in [6.07, 6.45) is -5.91. The van der Waals surface area contributed by atoms with Crippen molar-refractivity contribution in [3.05, 3.63) is 100 Å². The maximum absolute atomic E-state index is 15.3. The molecule has 5 aromatic carbocycles. The van der Waals surface area contributed by atoms with Crippen molar-refractivity contribution in [2.45, 2.75) is 6.18 Å². The van der Waals surface area contributed by atoms with Crippen molar-refractivity contribution in [3.63, 3.8) is 0 Å². The summed E-state index contributed by atoms with van der Waals surface area (Å²) in [5.41, 5.74) is -8.23. The first-order chi connectivity index (χ1) is 19.6. The van der Waals surface area contributed by atoms with Crippen LogP contribution in [0.3, 0.4) is 0 Å². The zero-order valence-electron chi connectivity index (χ0n) is 20.3. The molecule has 5 aromatic rings. The highest BCUT2D eigenvalue weighted by atomic mass is 19.4. The van der Waals surface area contributed by atoms with Crippen molar-refractivity contribution in [2.24, 2.45) is 0 Å². The Labute approximate surface area is 225 Å². The predicted molar refractivity (Wildman–Crippen MR) is 123 cm³/mol. The Balaban J connectivity index is 2.09. The summed E-state index contributed by atoms with van der Waals surface area (Å²) in [6, 6.07) is 4.42. The Morgan fingerprint density at radius 3 is 1.17 bits per heavy atom. The standard InChI is InChI=1S/C28H9F13O/c1-42-27-25(37)21(33)17(22(34)26(27)38)15-9-5-3-2-4-8(9)14(10-6-12(29)13(30)7-11(10)15)16-19(31)23(35)18(28(39,40)41)24(36)20(16)32/h2-7H,1H3. The molecule has 0 aliphatic heterocycles. The molecule has 0 atom stereocenters. The van der Waals surface area contributed by atoms with E-state index in [1.165, 1.54) is 0 Å². The number of alkyl halides is 3. The molecule has 0 spiro atoms. The topological polar surface area (TPSA) is 9.23 Å². The molecule has 0 saturated carbocycles. The third-order valence-electron chi connectivity index (χ3n) is 6.54. The maximum Gasteiger partial charge on any atom is 0.422 e. The molecule has 0 aromatic heterocycles. The summed E-state index contributed by atoms with van der Waals surface area (Å²) in [6.45, 7) is 0. The number of methoxy groups -OCH3 is 1. The highest BCUT2D eigenvalue weighted by molar-refractivity contribution is 6.21. The number of benzene rings is 5. The van der Waals surface area contributed by atoms with Crippen molar-refractivity contribution >= 4 is 21.5 Å². The van der Waals surface area contributed by atoms with E-state index in [2.05, 4.69) is 4.74 Å². The first-order valence-corrected chi connectivity index (χ1v) is 11.3. The van der Waals surface area contributed by atoms with Gasteiger partial charge in [0, 0.05) is 11.1 Å². The van der Waals surface area contributed by atoms with Gasteiger partial charge in [0.15, 0.2) is 52.3 Å². The molecule has 0 radical (unpaired) electrons. The number of rotatable bonds is 3. The van der Waals surface area contributed by atoms with Gasteiger partial charge in [0.05, 0.1) is 18.2 Å². The second-order valence-corrected chi connectivity index (χ2v) is 8.78. The van der Waals surface area contributed by atoms with E-state index >= 15 is 17.6 Å². The van der Waals surface area contributed by atoms with Crippen LogP contribution in [0.4, 0.5) is 57.1 Å². The molecule has 0 N–H and O–H groups in total. The Bertz CT molecular complexity index is 1900. The molecule has 0 unspecified atom stereocenters. The van der Waals surface area contributed by atoms with Crippen LogP contribution in [0.5, 0.6) is 5.75 Å². The number of fused-ring (bicyclic) bond motifs is 2. The zero-order valence-corrected chi connectivity index (χ0v) is 20.3. The quantitative estimate of drug-likeness (QED) is 0.113. The lowest BCUT2D eigenvalue weighted by Crippen LogP contribution is -2.16. The second kappa shape index (κ2) is 9.81. The fourth-order valence-corrected chi connectivity index (χ4v) is 4.82. The van der Waals surface area contributed by atoms with Gasteiger partial charge in [-0.3, -0.25) is 0 Å². The van der Waals surface area contributed by atoms with Crippen LogP contribution in [0.25, 0.3) is 43.8 Å². The highest BCUT2D eigenvalue weighted by Gasteiger charge is 2.43. The van der Waals surface area contributed by atoms with Crippen molar-refractivity contribution in [3.8, 4) is 28.0 Å². The number of hydrogen-bond donors (Lipinski definition) is 0. The molecule has 0 aliphatic rings. The van der Waals surface area contributed by atoms with Crippen molar-refractivity contribution in [1.82, 2.24) is 0 Å². The zero-order chi connectivity index (χ0) is 31.0. The predicted octanol–water partition coefficient (Wildman–Crippen LogP) is 9.75. The molecule has 14 heteroatoms. The van der Waals surface area contributed by atoms with E-state index in [1.807, 2.05) is 0 Å². The summed E-state index contributed by atoms with van der Waals surface area (Å²) < 4.78 is 192. The smallest absolute Gasteiger partial charge is 0.422 e. The normalized spacial score (nSPS) is 12.0. The molecule has 42 heavy (non-hydrogen) atoms. The Morgan fingerprint density at radius 1 is 0.476 bits per heavy atom. The van der Waals surface area contributed by atoms with Crippen molar-refractivity contribution in [2.75, 3.05) is 7.11 Å². The van der Waals surface area contributed by atoms with Gasteiger partial charge in [-0.1, -0.05) is 24.3 Å². The van der Waals surface area contributed by atoms with Gasteiger partial charge in [0.25, 0.3) is 0 Å². The van der Waals surface area contributed by atoms with E-state index < -0.39 is 119 Å². The molecule has 0 fully saturated rings. The number of ether oxygens (including phenoxy) is 1. The third-order valence-corrected chi connectivity index (χ3v) is 6.54. The fourth-order valence-electron chi connectivity index (χ4n) is 4.82. The van der Waals surface area contributed by atoms with Crippen LogP contribution >= 0.6 is 0 Å². The Hall–Kier alpha value is -4.49. The largest absolute Gasteiger partial charge is 0.491 e. The first kappa shape index (κ1) is 29.0. The van der Waals surface area contributed by atoms with Crippen molar-refractivity contribution in [1.29, 1.82) is 0 Å². The summed E-state index contributed by atoms with van der Waals surface area (Å²) >= 11 is 0. The molecule has 0 saturated heterocycles. The Kier molecular flexibility index (Phi) is 6.78. The summed E-state index contributed by atoms with van der Waals surface area (Å²) in [7, 11) is 0.684. The van der Waals surface area contributed by atoms with Crippen LogP contribution in [0.15, 0.2) is 36.4 Å². The van der Waals surface area contributed by atoms with Crippen molar-refractivity contribution < 1.29 is 61.8 Å². The van der Waals surface area contributed by atoms with E-state index in [0.717, 1.165) is 24.3 Å². The average molecular weight is 608 g/mol. The molecule has 1 nitrogen and oxygen atoms in total. The van der Waals surface area contributed by atoms with Crippen LogP contribution < -0.4 is 4.74 Å². The summed E-state index contributed by atoms with van der Waals surface area (Å²) in [4.78, 5) is 0. The van der Waals surface area contributed by atoms with Gasteiger partial charge >= 0.3 is 6.18 Å². The van der Waals surface area contributed by atoms with Crippen LogP contribution in [0.1, 0.15) is 5.56 Å². The minimum Gasteiger partial charge on any atom is -0.491 e. The van der Waals surface area contributed by atoms with Gasteiger partial charge in [-0.15, -0.1) is 0 Å². The monoisotopic (exact) mass is 608 g/mol. The molecule has 0 heterocycles. The number of halogens is 13. The molecule has 0 bridgehead atoms. The van der Waals surface area contributed by atoms with Crippen LogP contribution in [-0.4, -0.2) is 7.11 Å². The summed E-state index contributed by atoms with van der Waals surface area (Å²) in [5, 5.41) is -3.08. The first-order valence-electron chi connectivity index (χ1n) is 11.3. The van der Waals surface area contributed by atoms with Gasteiger partial charge in [-0.05, 0) is 33.7 Å². The minimum atomic E-state index is -5.91. The second-order valence-electron chi connectivity index (χ2n) is 8.78. The van der Waals surface area contributed by atoms with E-state index in [-0.39, 0.29) is 12.1 Å². The average Bonchev–Trinajstić information content (AvgIpc) is 2.92. The minimum absolute atomic E-state index is 0.175. The molecular formula is C28H9F13O. The summed E-state index contributed by atoms with van der Waals surface area (Å²) in [5.74, 6) is -24.3. The molecule has 218 valence electrons.